The van der Waals surface area contributed by atoms with Gasteiger partial charge in [-0.3, -0.25) is 4.90 Å². The second-order valence-corrected chi connectivity index (χ2v) is 9.74. The van der Waals surface area contributed by atoms with Crippen LogP contribution in [0, 0.1) is 17.2 Å². The van der Waals surface area contributed by atoms with E-state index in [9.17, 15) is 9.18 Å². The Morgan fingerprint density at radius 2 is 1.80 bits per heavy atom. The van der Waals surface area contributed by atoms with E-state index in [1.54, 1.807) is 12.1 Å². The Kier molecular flexibility index (Phi) is 4.81. The molecule has 4 aliphatic rings. The first kappa shape index (κ1) is 19.6. The van der Waals surface area contributed by atoms with Crippen LogP contribution in [-0.4, -0.2) is 36.7 Å². The van der Waals surface area contributed by atoms with Crippen LogP contribution in [0.5, 0.6) is 0 Å². The first-order valence-electron chi connectivity index (χ1n) is 11.0. The third kappa shape index (κ3) is 3.60. The molecule has 0 saturated carbocycles. The number of nitrogens with zero attached hydrogens (tertiary/aromatic N) is 1. The van der Waals surface area contributed by atoms with Crippen molar-refractivity contribution in [3.05, 3.63) is 59.4 Å². The molecule has 3 saturated heterocycles. The molecule has 2 aromatic rings. The van der Waals surface area contributed by atoms with E-state index >= 15 is 0 Å². The van der Waals surface area contributed by atoms with Crippen LogP contribution in [-0.2, 0) is 11.2 Å². The minimum Gasteiger partial charge on any atom is -0.445 e. The van der Waals surface area contributed by atoms with Crippen LogP contribution in [0.15, 0.2) is 42.5 Å². The number of piperidine rings is 3. The molecule has 0 spiro atoms. The predicted octanol–water partition coefficient (Wildman–Crippen LogP) is 4.94. The van der Waals surface area contributed by atoms with Crippen LogP contribution < -0.4 is 5.32 Å². The fourth-order valence-corrected chi connectivity index (χ4v) is 5.48. The summed E-state index contributed by atoms with van der Waals surface area (Å²) in [4.78, 5) is 15.2. The van der Waals surface area contributed by atoms with E-state index in [-0.39, 0.29) is 29.5 Å². The number of hydrogen-bond acceptors (Lipinski definition) is 3. The minimum atomic E-state index is -0.303. The van der Waals surface area contributed by atoms with Gasteiger partial charge in [-0.25, -0.2) is 9.18 Å². The van der Waals surface area contributed by atoms with Crippen LogP contribution in [0.1, 0.15) is 43.9 Å². The Balaban J connectivity index is 1.32. The lowest BCUT2D eigenvalue weighted by molar-refractivity contribution is -0.0348. The van der Waals surface area contributed by atoms with E-state index in [0.717, 1.165) is 55.6 Å². The number of amides is 1. The summed E-state index contributed by atoms with van der Waals surface area (Å²) < 4.78 is 19.1. The standard InChI is InChI=1S/C25H29FN2O2/c1-25(2)14-19-13-18(16-3-6-20(26)7-4-16)5-8-21(19)23(25)27-24(29)30-22-15-28-11-9-17(22)10-12-28/h3-8,13,17,22-23H,9-12,14-15H2,1-2H3,(H,27,29)/t22-,23?/m1/s1. The average Bonchev–Trinajstić information content (AvgIpc) is 2.98. The zero-order chi connectivity index (χ0) is 20.9. The van der Waals surface area contributed by atoms with Gasteiger partial charge < -0.3 is 10.1 Å². The van der Waals surface area contributed by atoms with Gasteiger partial charge >= 0.3 is 6.09 Å². The molecule has 6 rings (SSSR count). The van der Waals surface area contributed by atoms with Crippen molar-refractivity contribution in [2.75, 3.05) is 19.6 Å². The molecule has 2 bridgehead atoms. The lowest BCUT2D eigenvalue weighted by Crippen LogP contribution is -2.53. The van der Waals surface area contributed by atoms with Crippen LogP contribution in [0.2, 0.25) is 0 Å². The predicted molar refractivity (Wildman–Crippen MR) is 115 cm³/mol. The van der Waals surface area contributed by atoms with Gasteiger partial charge in [-0.2, -0.15) is 0 Å². The van der Waals surface area contributed by atoms with Crippen LogP contribution in [0.3, 0.4) is 0 Å². The van der Waals surface area contributed by atoms with E-state index in [4.69, 9.17) is 4.74 Å². The Hall–Kier alpha value is -2.40. The summed E-state index contributed by atoms with van der Waals surface area (Å²) in [6.45, 7) is 7.49. The monoisotopic (exact) mass is 408 g/mol. The maximum absolute atomic E-state index is 13.3. The first-order valence-corrected chi connectivity index (χ1v) is 11.0. The summed E-state index contributed by atoms with van der Waals surface area (Å²) in [7, 11) is 0. The fourth-order valence-electron chi connectivity index (χ4n) is 5.48. The molecule has 3 heterocycles. The van der Waals surface area contributed by atoms with E-state index in [0.29, 0.717) is 5.92 Å². The quantitative estimate of drug-likeness (QED) is 0.782. The normalized spacial score (nSPS) is 28.8. The molecule has 5 heteroatoms. The summed E-state index contributed by atoms with van der Waals surface area (Å²) >= 11 is 0. The van der Waals surface area contributed by atoms with Crippen LogP contribution in [0.4, 0.5) is 9.18 Å². The largest absolute Gasteiger partial charge is 0.445 e. The number of rotatable bonds is 3. The molecular weight excluding hydrogens is 379 g/mol. The number of hydrogen-bond donors (Lipinski definition) is 1. The third-order valence-corrected chi connectivity index (χ3v) is 7.18. The van der Waals surface area contributed by atoms with Gasteiger partial charge in [0, 0.05) is 6.54 Å². The van der Waals surface area contributed by atoms with E-state index in [1.165, 1.54) is 17.7 Å². The number of alkyl carbamates (subject to hydrolysis) is 1. The molecule has 1 aliphatic carbocycles. The molecule has 30 heavy (non-hydrogen) atoms. The number of halogens is 1. The summed E-state index contributed by atoms with van der Waals surface area (Å²) in [5.41, 5.74) is 4.35. The number of ether oxygens (including phenoxy) is 1. The summed E-state index contributed by atoms with van der Waals surface area (Å²) in [6.07, 6.45) is 2.84. The van der Waals surface area contributed by atoms with Crippen molar-refractivity contribution < 1.29 is 13.9 Å². The van der Waals surface area contributed by atoms with Crippen molar-refractivity contribution in [1.82, 2.24) is 10.2 Å². The highest BCUT2D eigenvalue weighted by Gasteiger charge is 2.42. The summed E-state index contributed by atoms with van der Waals surface area (Å²) in [5, 5.41) is 3.17. The molecule has 1 N–H and O–H groups in total. The SMILES string of the molecule is CC1(C)Cc2cc(-c3ccc(F)cc3)ccc2C1NC(=O)O[C@@H]1CN2CCC1CC2. The zero-order valence-corrected chi connectivity index (χ0v) is 17.7. The van der Waals surface area contributed by atoms with Gasteiger partial charge in [0.1, 0.15) is 11.9 Å². The van der Waals surface area contributed by atoms with Crippen molar-refractivity contribution in [3.63, 3.8) is 0 Å². The van der Waals surface area contributed by atoms with Crippen molar-refractivity contribution in [1.29, 1.82) is 0 Å². The fraction of sp³-hybridized carbons (Fsp3) is 0.480. The van der Waals surface area contributed by atoms with Gasteiger partial charge in [0.2, 0.25) is 0 Å². The second kappa shape index (κ2) is 7.38. The van der Waals surface area contributed by atoms with Gasteiger partial charge in [0.25, 0.3) is 0 Å². The van der Waals surface area contributed by atoms with Gasteiger partial charge in [0.05, 0.1) is 6.04 Å². The molecule has 1 amide bonds. The van der Waals surface area contributed by atoms with Gasteiger partial charge in [-0.05, 0) is 78.1 Å². The number of benzene rings is 2. The van der Waals surface area contributed by atoms with Crippen molar-refractivity contribution in [2.45, 2.75) is 45.3 Å². The molecular formula is C25H29FN2O2. The van der Waals surface area contributed by atoms with Gasteiger partial charge in [-0.15, -0.1) is 0 Å². The number of carbonyl (C=O) groups is 1. The highest BCUT2D eigenvalue weighted by atomic mass is 19.1. The van der Waals surface area contributed by atoms with E-state index in [2.05, 4.69) is 42.3 Å². The van der Waals surface area contributed by atoms with Crippen molar-refractivity contribution >= 4 is 6.09 Å². The second-order valence-electron chi connectivity index (χ2n) is 9.74. The Morgan fingerprint density at radius 3 is 2.47 bits per heavy atom. The molecule has 3 fully saturated rings. The summed E-state index contributed by atoms with van der Waals surface area (Å²) in [5.74, 6) is 0.273. The summed E-state index contributed by atoms with van der Waals surface area (Å²) in [6, 6.07) is 12.8. The van der Waals surface area contributed by atoms with Gasteiger partial charge in [-0.1, -0.05) is 44.2 Å². The van der Waals surface area contributed by atoms with Crippen molar-refractivity contribution in [2.24, 2.45) is 11.3 Å². The number of carbonyl (C=O) groups excluding carboxylic acids is 1. The lowest BCUT2D eigenvalue weighted by atomic mass is 9.85. The highest BCUT2D eigenvalue weighted by molar-refractivity contribution is 5.70. The molecule has 0 aromatic heterocycles. The number of nitrogens with one attached hydrogen (secondary N) is 1. The zero-order valence-electron chi connectivity index (χ0n) is 17.7. The lowest BCUT2D eigenvalue weighted by Gasteiger charge is -2.44. The minimum absolute atomic E-state index is 0.0114. The maximum atomic E-state index is 13.3. The molecule has 3 aliphatic heterocycles. The van der Waals surface area contributed by atoms with Crippen molar-refractivity contribution in [3.8, 4) is 11.1 Å². The molecule has 1 unspecified atom stereocenters. The Labute approximate surface area is 177 Å². The Morgan fingerprint density at radius 1 is 1.10 bits per heavy atom. The van der Waals surface area contributed by atoms with E-state index < -0.39 is 0 Å². The molecule has 0 radical (unpaired) electrons. The highest BCUT2D eigenvalue weighted by Crippen LogP contribution is 2.46. The van der Waals surface area contributed by atoms with Crippen LogP contribution in [0.25, 0.3) is 11.1 Å². The number of fused-ring (bicyclic) bond motifs is 4. The third-order valence-electron chi connectivity index (χ3n) is 7.18. The smallest absolute Gasteiger partial charge is 0.407 e. The molecule has 158 valence electrons. The molecule has 2 aromatic carbocycles. The first-order chi connectivity index (χ1) is 14.4. The Bertz CT molecular complexity index is 948. The van der Waals surface area contributed by atoms with Gasteiger partial charge in [0.15, 0.2) is 0 Å². The average molecular weight is 409 g/mol. The topological polar surface area (TPSA) is 41.6 Å². The maximum Gasteiger partial charge on any atom is 0.407 e. The van der Waals surface area contributed by atoms with Crippen LogP contribution >= 0.6 is 0 Å². The molecule has 2 atom stereocenters. The van der Waals surface area contributed by atoms with E-state index in [1.807, 2.05) is 0 Å². The molecule has 4 nitrogen and oxygen atoms in total.